The standard InChI is InChI=1S/C13H19ClO/c14-11-5-10-13(15)9-4-8-12-6-2-1-3-7-12/h1-3,6-7,13,15H,4-5,8-11H2/t13-/m0/s1. The summed E-state index contributed by atoms with van der Waals surface area (Å²) in [6.45, 7) is 0. The van der Waals surface area contributed by atoms with Crippen LogP contribution >= 0.6 is 11.6 Å². The maximum absolute atomic E-state index is 9.60. The van der Waals surface area contributed by atoms with E-state index in [0.717, 1.165) is 32.1 Å². The van der Waals surface area contributed by atoms with E-state index in [1.165, 1.54) is 5.56 Å². The molecule has 1 rings (SSSR count). The summed E-state index contributed by atoms with van der Waals surface area (Å²) in [6.07, 6.45) is 4.55. The largest absolute Gasteiger partial charge is 0.393 e. The quantitative estimate of drug-likeness (QED) is 0.707. The van der Waals surface area contributed by atoms with Crippen LogP contribution in [0.5, 0.6) is 0 Å². The van der Waals surface area contributed by atoms with Crippen LogP contribution in [0, 0.1) is 0 Å². The Morgan fingerprint density at radius 3 is 2.40 bits per heavy atom. The molecule has 0 saturated heterocycles. The number of aliphatic hydroxyl groups excluding tert-OH is 1. The summed E-state index contributed by atoms with van der Waals surface area (Å²) in [6, 6.07) is 10.4. The van der Waals surface area contributed by atoms with E-state index in [9.17, 15) is 5.11 Å². The minimum absolute atomic E-state index is 0.174. The molecule has 0 spiro atoms. The van der Waals surface area contributed by atoms with Crippen molar-refractivity contribution in [3.8, 4) is 0 Å². The minimum atomic E-state index is -0.174. The molecule has 2 heteroatoms. The van der Waals surface area contributed by atoms with Gasteiger partial charge in [-0.1, -0.05) is 30.3 Å². The number of aliphatic hydroxyl groups is 1. The Labute approximate surface area is 97.1 Å². The van der Waals surface area contributed by atoms with E-state index >= 15 is 0 Å². The Kier molecular flexibility index (Phi) is 6.45. The van der Waals surface area contributed by atoms with Crippen molar-refractivity contribution >= 4 is 11.6 Å². The van der Waals surface area contributed by atoms with E-state index in [1.807, 2.05) is 6.07 Å². The summed E-state index contributed by atoms with van der Waals surface area (Å²) in [5, 5.41) is 9.60. The lowest BCUT2D eigenvalue weighted by Gasteiger charge is -2.08. The fourth-order valence-corrected chi connectivity index (χ4v) is 1.80. The van der Waals surface area contributed by atoms with E-state index in [0.29, 0.717) is 5.88 Å². The Hall–Kier alpha value is -0.530. The lowest BCUT2D eigenvalue weighted by Crippen LogP contribution is -2.06. The zero-order valence-corrected chi connectivity index (χ0v) is 9.79. The molecule has 0 heterocycles. The molecule has 1 aromatic rings. The van der Waals surface area contributed by atoms with Crippen molar-refractivity contribution in [2.45, 2.75) is 38.2 Å². The van der Waals surface area contributed by atoms with Crippen LogP contribution in [0.4, 0.5) is 0 Å². The van der Waals surface area contributed by atoms with Gasteiger partial charge in [0.2, 0.25) is 0 Å². The number of rotatable bonds is 7. The Balaban J connectivity index is 2.11. The molecule has 84 valence electrons. The van der Waals surface area contributed by atoms with Crippen molar-refractivity contribution in [3.05, 3.63) is 35.9 Å². The fourth-order valence-electron chi connectivity index (χ4n) is 1.64. The fraction of sp³-hybridized carbons (Fsp3) is 0.538. The van der Waals surface area contributed by atoms with Crippen molar-refractivity contribution in [1.29, 1.82) is 0 Å². The van der Waals surface area contributed by atoms with Gasteiger partial charge in [-0.2, -0.15) is 0 Å². The van der Waals surface area contributed by atoms with Crippen LogP contribution in [-0.4, -0.2) is 17.1 Å². The third kappa shape index (κ3) is 5.81. The molecule has 1 atom stereocenters. The third-order valence-electron chi connectivity index (χ3n) is 2.52. The number of hydrogen-bond donors (Lipinski definition) is 1. The number of halogens is 1. The maximum Gasteiger partial charge on any atom is 0.0540 e. The number of hydrogen-bond acceptors (Lipinski definition) is 1. The van der Waals surface area contributed by atoms with E-state index in [1.54, 1.807) is 0 Å². The Morgan fingerprint density at radius 2 is 1.73 bits per heavy atom. The summed E-state index contributed by atoms with van der Waals surface area (Å²) in [5.41, 5.74) is 1.35. The van der Waals surface area contributed by atoms with Crippen LogP contribution in [0.1, 0.15) is 31.2 Å². The predicted octanol–water partition coefficient (Wildman–Crippen LogP) is 3.39. The van der Waals surface area contributed by atoms with Gasteiger partial charge in [0.25, 0.3) is 0 Å². The van der Waals surface area contributed by atoms with Gasteiger partial charge in [-0.25, -0.2) is 0 Å². The van der Waals surface area contributed by atoms with Gasteiger partial charge in [-0.05, 0) is 37.7 Å². The lowest BCUT2D eigenvalue weighted by molar-refractivity contribution is 0.151. The van der Waals surface area contributed by atoms with E-state index < -0.39 is 0 Å². The predicted molar refractivity (Wildman–Crippen MR) is 65.3 cm³/mol. The van der Waals surface area contributed by atoms with Gasteiger partial charge in [-0.3, -0.25) is 0 Å². The van der Waals surface area contributed by atoms with E-state index in [2.05, 4.69) is 24.3 Å². The molecule has 0 fully saturated rings. The van der Waals surface area contributed by atoms with Crippen LogP contribution in [-0.2, 0) is 6.42 Å². The van der Waals surface area contributed by atoms with E-state index in [-0.39, 0.29) is 6.10 Å². The highest BCUT2D eigenvalue weighted by atomic mass is 35.5. The second-order valence-electron chi connectivity index (χ2n) is 3.86. The molecule has 0 bridgehead atoms. The van der Waals surface area contributed by atoms with Crippen LogP contribution in [0.2, 0.25) is 0 Å². The molecule has 0 radical (unpaired) electrons. The van der Waals surface area contributed by atoms with Gasteiger partial charge in [0.05, 0.1) is 6.10 Å². The molecule has 0 aliphatic carbocycles. The molecule has 1 N–H and O–H groups in total. The highest BCUT2D eigenvalue weighted by molar-refractivity contribution is 6.17. The molecule has 1 nitrogen and oxygen atoms in total. The smallest absolute Gasteiger partial charge is 0.0540 e. The molecule has 0 saturated carbocycles. The topological polar surface area (TPSA) is 20.2 Å². The first-order chi connectivity index (χ1) is 7.33. The van der Waals surface area contributed by atoms with Crippen molar-refractivity contribution in [1.82, 2.24) is 0 Å². The molecular formula is C13H19ClO. The molecule has 0 aliphatic heterocycles. The van der Waals surface area contributed by atoms with Gasteiger partial charge >= 0.3 is 0 Å². The van der Waals surface area contributed by atoms with Crippen molar-refractivity contribution < 1.29 is 5.11 Å². The van der Waals surface area contributed by atoms with Gasteiger partial charge in [0, 0.05) is 5.88 Å². The third-order valence-corrected chi connectivity index (χ3v) is 2.78. The Morgan fingerprint density at radius 1 is 1.07 bits per heavy atom. The van der Waals surface area contributed by atoms with Crippen molar-refractivity contribution in [2.75, 3.05) is 5.88 Å². The molecule has 0 aromatic heterocycles. The Bertz CT molecular complexity index is 248. The monoisotopic (exact) mass is 226 g/mol. The highest BCUT2D eigenvalue weighted by Gasteiger charge is 2.03. The summed E-state index contributed by atoms with van der Waals surface area (Å²) in [7, 11) is 0. The number of alkyl halides is 1. The molecule has 0 aliphatic rings. The molecule has 0 unspecified atom stereocenters. The molecule has 0 amide bonds. The van der Waals surface area contributed by atoms with Gasteiger partial charge in [-0.15, -0.1) is 11.6 Å². The van der Waals surface area contributed by atoms with Crippen LogP contribution in [0.15, 0.2) is 30.3 Å². The first-order valence-corrected chi connectivity index (χ1v) is 6.14. The average Bonchev–Trinajstić information content (AvgIpc) is 2.28. The van der Waals surface area contributed by atoms with E-state index in [4.69, 9.17) is 11.6 Å². The lowest BCUT2D eigenvalue weighted by atomic mass is 10.0. The second kappa shape index (κ2) is 7.72. The van der Waals surface area contributed by atoms with Gasteiger partial charge in [0.1, 0.15) is 0 Å². The average molecular weight is 227 g/mol. The van der Waals surface area contributed by atoms with Gasteiger partial charge in [0.15, 0.2) is 0 Å². The normalized spacial score (nSPS) is 12.7. The van der Waals surface area contributed by atoms with Crippen LogP contribution in [0.3, 0.4) is 0 Å². The summed E-state index contributed by atoms with van der Waals surface area (Å²) >= 11 is 5.56. The SMILES string of the molecule is O[C@H](CCCCl)CCCc1ccccc1. The first-order valence-electron chi connectivity index (χ1n) is 5.61. The molecule has 15 heavy (non-hydrogen) atoms. The minimum Gasteiger partial charge on any atom is -0.393 e. The zero-order valence-electron chi connectivity index (χ0n) is 9.03. The number of aryl methyl sites for hydroxylation is 1. The highest BCUT2D eigenvalue weighted by Crippen LogP contribution is 2.09. The molecule has 1 aromatic carbocycles. The van der Waals surface area contributed by atoms with Crippen molar-refractivity contribution in [2.24, 2.45) is 0 Å². The summed E-state index contributed by atoms with van der Waals surface area (Å²) < 4.78 is 0. The summed E-state index contributed by atoms with van der Waals surface area (Å²) in [5.74, 6) is 0.649. The first kappa shape index (κ1) is 12.5. The summed E-state index contributed by atoms with van der Waals surface area (Å²) in [4.78, 5) is 0. The second-order valence-corrected chi connectivity index (χ2v) is 4.24. The van der Waals surface area contributed by atoms with Crippen LogP contribution < -0.4 is 0 Å². The zero-order chi connectivity index (χ0) is 10.9. The van der Waals surface area contributed by atoms with Crippen molar-refractivity contribution in [3.63, 3.8) is 0 Å². The molecular weight excluding hydrogens is 208 g/mol. The maximum atomic E-state index is 9.60. The number of benzene rings is 1. The van der Waals surface area contributed by atoms with Crippen LogP contribution in [0.25, 0.3) is 0 Å². The van der Waals surface area contributed by atoms with Gasteiger partial charge < -0.3 is 5.11 Å².